The number of rotatable bonds is 4. The fourth-order valence-electron chi connectivity index (χ4n) is 2.50. The van der Waals surface area contributed by atoms with Gasteiger partial charge in [-0.1, -0.05) is 0 Å². The predicted octanol–water partition coefficient (Wildman–Crippen LogP) is 0.605. The van der Waals surface area contributed by atoms with Gasteiger partial charge in [0.25, 0.3) is 0 Å². The number of nitrogens with two attached hydrogens (primary N) is 1. The molecule has 6 nitrogen and oxygen atoms in total. The van der Waals surface area contributed by atoms with Crippen LogP contribution in [-0.4, -0.2) is 48.4 Å². The van der Waals surface area contributed by atoms with Crippen molar-refractivity contribution in [3.8, 4) is 0 Å². The average Bonchev–Trinajstić information content (AvgIpc) is 2.43. The molecule has 104 valence electrons. The Hall–Kier alpha value is -1.40. The van der Waals surface area contributed by atoms with Crippen molar-refractivity contribution < 1.29 is 4.74 Å². The summed E-state index contributed by atoms with van der Waals surface area (Å²) >= 11 is 0. The van der Waals surface area contributed by atoms with Crippen LogP contribution in [0.3, 0.4) is 0 Å². The number of ether oxygens (including phenoxy) is 1. The molecule has 0 spiro atoms. The highest BCUT2D eigenvalue weighted by molar-refractivity contribution is 5.50. The highest BCUT2D eigenvalue weighted by Crippen LogP contribution is 2.24. The van der Waals surface area contributed by atoms with E-state index >= 15 is 0 Å². The molecule has 0 aromatic carbocycles. The standard InChI is InChI=1S/C13H21N5O/c14-7-11-8-19-5-4-18(11)13-6-12(15-9-16-13)17-10-2-1-3-10/h6,9-11H,1-5,7-8,14H2,(H,15,16,17). The Morgan fingerprint density at radius 2 is 2.32 bits per heavy atom. The average molecular weight is 263 g/mol. The Morgan fingerprint density at radius 1 is 1.42 bits per heavy atom. The van der Waals surface area contributed by atoms with E-state index in [0.717, 1.165) is 24.8 Å². The number of anilines is 2. The highest BCUT2D eigenvalue weighted by atomic mass is 16.5. The monoisotopic (exact) mass is 263 g/mol. The molecule has 1 aromatic heterocycles. The molecule has 1 atom stereocenters. The van der Waals surface area contributed by atoms with Gasteiger partial charge in [0.15, 0.2) is 0 Å². The predicted molar refractivity (Wildman–Crippen MR) is 74.3 cm³/mol. The third-order valence-corrected chi connectivity index (χ3v) is 3.90. The van der Waals surface area contributed by atoms with Crippen molar-refractivity contribution >= 4 is 11.6 Å². The van der Waals surface area contributed by atoms with Gasteiger partial charge in [-0.25, -0.2) is 9.97 Å². The Morgan fingerprint density at radius 3 is 3.05 bits per heavy atom. The van der Waals surface area contributed by atoms with Crippen LogP contribution < -0.4 is 16.0 Å². The molecule has 1 aliphatic heterocycles. The van der Waals surface area contributed by atoms with E-state index in [-0.39, 0.29) is 6.04 Å². The topological polar surface area (TPSA) is 76.3 Å². The van der Waals surface area contributed by atoms with Gasteiger partial charge in [0.2, 0.25) is 0 Å². The molecule has 2 heterocycles. The van der Waals surface area contributed by atoms with Gasteiger partial charge in [-0.3, -0.25) is 0 Å². The largest absolute Gasteiger partial charge is 0.377 e. The van der Waals surface area contributed by atoms with E-state index < -0.39 is 0 Å². The van der Waals surface area contributed by atoms with Crippen molar-refractivity contribution in [1.29, 1.82) is 0 Å². The summed E-state index contributed by atoms with van der Waals surface area (Å²) < 4.78 is 5.47. The van der Waals surface area contributed by atoms with Gasteiger partial charge in [-0.15, -0.1) is 0 Å². The maximum atomic E-state index is 5.80. The maximum Gasteiger partial charge on any atom is 0.134 e. The Kier molecular flexibility index (Phi) is 3.79. The van der Waals surface area contributed by atoms with Gasteiger partial charge in [0.05, 0.1) is 19.3 Å². The first-order chi connectivity index (χ1) is 9.36. The number of nitrogens with zero attached hydrogens (tertiary/aromatic N) is 3. The molecule has 6 heteroatoms. The normalized spacial score (nSPS) is 24.1. The van der Waals surface area contributed by atoms with E-state index in [4.69, 9.17) is 10.5 Å². The minimum atomic E-state index is 0.209. The molecular weight excluding hydrogens is 242 g/mol. The van der Waals surface area contributed by atoms with Crippen LogP contribution >= 0.6 is 0 Å². The summed E-state index contributed by atoms with van der Waals surface area (Å²) in [5.74, 6) is 1.85. The van der Waals surface area contributed by atoms with Gasteiger partial charge in [0.1, 0.15) is 18.0 Å². The number of aromatic nitrogens is 2. The lowest BCUT2D eigenvalue weighted by molar-refractivity contribution is 0.0958. The van der Waals surface area contributed by atoms with Gasteiger partial charge >= 0.3 is 0 Å². The van der Waals surface area contributed by atoms with Crippen LogP contribution in [0.25, 0.3) is 0 Å². The van der Waals surface area contributed by atoms with Crippen LogP contribution in [0.15, 0.2) is 12.4 Å². The molecule has 1 aromatic rings. The van der Waals surface area contributed by atoms with E-state index in [0.29, 0.717) is 19.2 Å². The second-order valence-electron chi connectivity index (χ2n) is 5.19. The van der Waals surface area contributed by atoms with Crippen LogP contribution in [-0.2, 0) is 4.74 Å². The van der Waals surface area contributed by atoms with Crippen molar-refractivity contribution in [3.05, 3.63) is 12.4 Å². The summed E-state index contributed by atoms with van der Waals surface area (Å²) in [7, 11) is 0. The lowest BCUT2D eigenvalue weighted by atomic mass is 9.93. The Bertz CT molecular complexity index is 423. The first kappa shape index (κ1) is 12.6. The van der Waals surface area contributed by atoms with E-state index in [9.17, 15) is 0 Å². The first-order valence-corrected chi connectivity index (χ1v) is 7.00. The van der Waals surface area contributed by atoms with Crippen molar-refractivity contribution in [2.75, 3.05) is 36.5 Å². The molecule has 2 fully saturated rings. The molecule has 0 bridgehead atoms. The fraction of sp³-hybridized carbons (Fsp3) is 0.692. The second-order valence-corrected chi connectivity index (χ2v) is 5.19. The summed E-state index contributed by atoms with van der Waals surface area (Å²) in [4.78, 5) is 10.9. The minimum absolute atomic E-state index is 0.209. The SMILES string of the molecule is NCC1COCCN1c1cc(NC2CCC2)ncn1. The van der Waals surface area contributed by atoms with Crippen LogP contribution in [0.5, 0.6) is 0 Å². The molecular formula is C13H21N5O. The van der Waals surface area contributed by atoms with E-state index in [2.05, 4.69) is 20.2 Å². The Labute approximate surface area is 113 Å². The van der Waals surface area contributed by atoms with Crippen molar-refractivity contribution in [2.24, 2.45) is 5.73 Å². The first-order valence-electron chi connectivity index (χ1n) is 7.00. The number of hydrogen-bond acceptors (Lipinski definition) is 6. The molecule has 2 aliphatic rings. The summed E-state index contributed by atoms with van der Waals surface area (Å²) in [6, 6.07) is 2.81. The summed E-state index contributed by atoms with van der Waals surface area (Å²) in [6.45, 7) is 2.81. The van der Waals surface area contributed by atoms with Crippen LogP contribution in [0.1, 0.15) is 19.3 Å². The zero-order valence-electron chi connectivity index (χ0n) is 11.1. The molecule has 1 aliphatic carbocycles. The molecule has 1 saturated heterocycles. The van der Waals surface area contributed by atoms with Gasteiger partial charge in [-0.2, -0.15) is 0 Å². The van der Waals surface area contributed by atoms with E-state index in [1.54, 1.807) is 6.33 Å². The molecule has 3 rings (SSSR count). The molecule has 1 unspecified atom stereocenters. The highest BCUT2D eigenvalue weighted by Gasteiger charge is 2.24. The molecule has 1 saturated carbocycles. The minimum Gasteiger partial charge on any atom is -0.377 e. The zero-order chi connectivity index (χ0) is 13.1. The summed E-state index contributed by atoms with van der Waals surface area (Å²) in [6.07, 6.45) is 5.42. The fourth-order valence-corrected chi connectivity index (χ4v) is 2.50. The Balaban J connectivity index is 1.73. The van der Waals surface area contributed by atoms with Crippen LogP contribution in [0.4, 0.5) is 11.6 Å². The van der Waals surface area contributed by atoms with Crippen molar-refractivity contribution in [1.82, 2.24) is 9.97 Å². The lowest BCUT2D eigenvalue weighted by Crippen LogP contribution is -2.49. The van der Waals surface area contributed by atoms with E-state index in [1.165, 1.54) is 19.3 Å². The molecule has 3 N–H and O–H groups in total. The maximum absolute atomic E-state index is 5.80. The van der Waals surface area contributed by atoms with Crippen LogP contribution in [0.2, 0.25) is 0 Å². The smallest absolute Gasteiger partial charge is 0.134 e. The summed E-state index contributed by atoms with van der Waals surface area (Å²) in [5.41, 5.74) is 5.80. The molecule has 0 amide bonds. The second kappa shape index (κ2) is 5.71. The third kappa shape index (κ3) is 2.79. The van der Waals surface area contributed by atoms with Crippen molar-refractivity contribution in [3.63, 3.8) is 0 Å². The van der Waals surface area contributed by atoms with E-state index in [1.807, 2.05) is 6.07 Å². The number of hydrogen-bond donors (Lipinski definition) is 2. The third-order valence-electron chi connectivity index (χ3n) is 3.90. The quantitative estimate of drug-likeness (QED) is 0.828. The number of nitrogens with one attached hydrogen (secondary N) is 1. The van der Waals surface area contributed by atoms with Gasteiger partial charge in [-0.05, 0) is 19.3 Å². The summed E-state index contributed by atoms with van der Waals surface area (Å²) in [5, 5.41) is 3.45. The van der Waals surface area contributed by atoms with Crippen LogP contribution in [0, 0.1) is 0 Å². The number of morpholine rings is 1. The van der Waals surface area contributed by atoms with Crippen molar-refractivity contribution in [2.45, 2.75) is 31.3 Å². The van der Waals surface area contributed by atoms with Gasteiger partial charge in [0, 0.05) is 25.2 Å². The molecule has 0 radical (unpaired) electrons. The zero-order valence-corrected chi connectivity index (χ0v) is 11.1. The lowest BCUT2D eigenvalue weighted by Gasteiger charge is -2.36. The van der Waals surface area contributed by atoms with Gasteiger partial charge < -0.3 is 20.7 Å². The molecule has 19 heavy (non-hydrogen) atoms.